The van der Waals surface area contributed by atoms with Crippen LogP contribution in [0.5, 0.6) is 0 Å². The number of rotatable bonds is 7. The van der Waals surface area contributed by atoms with E-state index in [0.717, 1.165) is 35.4 Å². The third-order valence-corrected chi connectivity index (χ3v) is 4.81. The van der Waals surface area contributed by atoms with Crippen LogP contribution < -0.4 is 5.32 Å². The van der Waals surface area contributed by atoms with E-state index in [2.05, 4.69) is 15.5 Å². The lowest BCUT2D eigenvalue weighted by molar-refractivity contribution is 0.613. The highest BCUT2D eigenvalue weighted by Crippen LogP contribution is 2.24. The molecule has 6 heteroatoms. The molecule has 2 aromatic rings. The average molecular weight is 326 g/mol. The highest BCUT2D eigenvalue weighted by molar-refractivity contribution is 7.11. The molecule has 0 amide bonds. The summed E-state index contributed by atoms with van der Waals surface area (Å²) in [5, 5.41) is 14.1. The van der Waals surface area contributed by atoms with Gasteiger partial charge in [-0.05, 0) is 37.9 Å². The average Bonchev–Trinajstić information content (AvgIpc) is 3.18. The van der Waals surface area contributed by atoms with Gasteiger partial charge in [0, 0.05) is 29.5 Å². The molecule has 0 radical (unpaired) electrons. The second-order valence-corrected chi connectivity index (χ2v) is 6.85. The van der Waals surface area contributed by atoms with Crippen LogP contribution in [0.1, 0.15) is 34.8 Å². The monoisotopic (exact) mass is 325 g/mol. The zero-order valence-corrected chi connectivity index (χ0v) is 13.2. The van der Waals surface area contributed by atoms with Crippen LogP contribution >= 0.6 is 22.9 Å². The molecule has 0 spiro atoms. The number of nitrogens with zero attached hydrogens (tertiary/aromatic N) is 2. The fraction of sp³-hybridized carbons (Fsp3) is 0.467. The molecule has 1 aliphatic carbocycles. The van der Waals surface area contributed by atoms with Crippen molar-refractivity contribution in [1.29, 1.82) is 0 Å². The molecule has 0 saturated heterocycles. The zero-order valence-electron chi connectivity index (χ0n) is 11.6. The van der Waals surface area contributed by atoms with E-state index in [1.165, 1.54) is 18.9 Å². The molecule has 0 atom stereocenters. The molecular formula is C15H17ClFN3S. The first-order valence-electron chi connectivity index (χ1n) is 7.20. The minimum Gasteiger partial charge on any atom is -0.314 e. The van der Waals surface area contributed by atoms with E-state index in [1.54, 1.807) is 23.5 Å². The minimum absolute atomic E-state index is 0.284. The van der Waals surface area contributed by atoms with Crippen LogP contribution in [0.2, 0.25) is 5.02 Å². The Bertz CT molecular complexity index is 592. The summed E-state index contributed by atoms with van der Waals surface area (Å²) in [5.74, 6) is -0.284. The maximum Gasteiger partial charge on any atom is 0.128 e. The van der Waals surface area contributed by atoms with Gasteiger partial charge in [-0.15, -0.1) is 21.5 Å². The lowest BCUT2D eigenvalue weighted by atomic mass is 10.1. The second-order valence-electron chi connectivity index (χ2n) is 5.30. The molecule has 1 fully saturated rings. The fourth-order valence-electron chi connectivity index (χ4n) is 2.15. The van der Waals surface area contributed by atoms with E-state index in [0.29, 0.717) is 17.0 Å². The molecule has 1 N–H and O–H groups in total. The van der Waals surface area contributed by atoms with Gasteiger partial charge in [-0.1, -0.05) is 17.7 Å². The molecule has 1 heterocycles. The lowest BCUT2D eigenvalue weighted by Crippen LogP contribution is -2.17. The molecule has 0 aliphatic heterocycles. The standard InChI is InChI=1S/C15H17ClFN3S/c16-12-3-1-4-13(17)11(12)9-15-20-19-14(21-15)5-2-8-18-10-6-7-10/h1,3-4,10,18H,2,5-9H2. The smallest absolute Gasteiger partial charge is 0.128 e. The maximum atomic E-state index is 13.7. The molecule has 0 unspecified atom stereocenters. The Morgan fingerprint density at radius 3 is 2.86 bits per heavy atom. The SMILES string of the molecule is Fc1cccc(Cl)c1Cc1nnc(CCCNC2CC2)s1. The third kappa shape index (κ3) is 4.22. The van der Waals surface area contributed by atoms with E-state index in [4.69, 9.17) is 11.6 Å². The molecule has 21 heavy (non-hydrogen) atoms. The Morgan fingerprint density at radius 1 is 1.29 bits per heavy atom. The Hall–Kier alpha value is -1.04. The van der Waals surface area contributed by atoms with Crippen LogP contribution in [-0.2, 0) is 12.8 Å². The normalized spacial score (nSPS) is 14.6. The lowest BCUT2D eigenvalue weighted by Gasteiger charge is -2.02. The summed E-state index contributed by atoms with van der Waals surface area (Å²) in [6, 6.07) is 5.48. The van der Waals surface area contributed by atoms with Gasteiger partial charge < -0.3 is 5.32 Å². The number of halogens is 2. The number of hydrogen-bond acceptors (Lipinski definition) is 4. The summed E-state index contributed by atoms with van der Waals surface area (Å²) in [6.45, 7) is 1.03. The van der Waals surface area contributed by atoms with E-state index < -0.39 is 0 Å². The van der Waals surface area contributed by atoms with Gasteiger partial charge in [0.2, 0.25) is 0 Å². The van der Waals surface area contributed by atoms with Crippen molar-refractivity contribution in [3.63, 3.8) is 0 Å². The number of aryl methyl sites for hydroxylation is 1. The van der Waals surface area contributed by atoms with Crippen molar-refractivity contribution >= 4 is 22.9 Å². The molecule has 0 bridgehead atoms. The number of benzene rings is 1. The number of aromatic nitrogens is 2. The van der Waals surface area contributed by atoms with Gasteiger partial charge in [0.05, 0.1) is 0 Å². The number of nitrogens with one attached hydrogen (secondary N) is 1. The first kappa shape index (κ1) is 14.9. The summed E-state index contributed by atoms with van der Waals surface area (Å²) in [4.78, 5) is 0. The van der Waals surface area contributed by atoms with Crippen LogP contribution in [0.25, 0.3) is 0 Å². The molecule has 1 aromatic carbocycles. The molecule has 3 nitrogen and oxygen atoms in total. The van der Waals surface area contributed by atoms with E-state index in [1.807, 2.05) is 0 Å². The zero-order chi connectivity index (χ0) is 14.7. The van der Waals surface area contributed by atoms with Gasteiger partial charge in [0.15, 0.2) is 0 Å². The van der Waals surface area contributed by atoms with Crippen molar-refractivity contribution in [2.45, 2.75) is 38.1 Å². The topological polar surface area (TPSA) is 37.8 Å². The predicted molar refractivity (Wildman–Crippen MR) is 83.5 cm³/mol. The van der Waals surface area contributed by atoms with E-state index in [-0.39, 0.29) is 5.82 Å². The van der Waals surface area contributed by atoms with Gasteiger partial charge in [-0.3, -0.25) is 0 Å². The van der Waals surface area contributed by atoms with Gasteiger partial charge >= 0.3 is 0 Å². The van der Waals surface area contributed by atoms with E-state index >= 15 is 0 Å². The van der Waals surface area contributed by atoms with Gasteiger partial charge in [0.25, 0.3) is 0 Å². The van der Waals surface area contributed by atoms with E-state index in [9.17, 15) is 4.39 Å². The minimum atomic E-state index is -0.284. The highest BCUT2D eigenvalue weighted by Gasteiger charge is 2.19. The van der Waals surface area contributed by atoms with Crippen molar-refractivity contribution in [3.8, 4) is 0 Å². The Balaban J connectivity index is 1.54. The largest absolute Gasteiger partial charge is 0.314 e. The van der Waals surface area contributed by atoms with Crippen molar-refractivity contribution in [2.24, 2.45) is 0 Å². The second kappa shape index (κ2) is 6.81. The van der Waals surface area contributed by atoms with Gasteiger partial charge in [-0.25, -0.2) is 4.39 Å². The molecule has 1 aromatic heterocycles. The van der Waals surface area contributed by atoms with Gasteiger partial charge in [0.1, 0.15) is 15.8 Å². The van der Waals surface area contributed by atoms with Crippen LogP contribution in [0.15, 0.2) is 18.2 Å². The van der Waals surface area contributed by atoms with Gasteiger partial charge in [-0.2, -0.15) is 0 Å². The van der Waals surface area contributed by atoms with Crippen LogP contribution in [0.4, 0.5) is 4.39 Å². The molecule has 3 rings (SSSR count). The van der Waals surface area contributed by atoms with Crippen molar-refractivity contribution in [3.05, 3.63) is 44.6 Å². The van der Waals surface area contributed by atoms with Crippen LogP contribution in [0.3, 0.4) is 0 Å². The highest BCUT2D eigenvalue weighted by atomic mass is 35.5. The molecular weight excluding hydrogens is 309 g/mol. The molecule has 112 valence electrons. The number of hydrogen-bond donors (Lipinski definition) is 1. The van der Waals surface area contributed by atoms with Crippen LogP contribution in [-0.4, -0.2) is 22.8 Å². The summed E-state index contributed by atoms with van der Waals surface area (Å²) in [5.41, 5.74) is 0.497. The van der Waals surface area contributed by atoms with Crippen LogP contribution in [0, 0.1) is 5.82 Å². The Morgan fingerprint density at radius 2 is 2.10 bits per heavy atom. The summed E-state index contributed by atoms with van der Waals surface area (Å²) < 4.78 is 13.7. The predicted octanol–water partition coefficient (Wildman–Crippen LogP) is 3.61. The fourth-order valence-corrected chi connectivity index (χ4v) is 3.27. The van der Waals surface area contributed by atoms with Crippen molar-refractivity contribution in [1.82, 2.24) is 15.5 Å². The summed E-state index contributed by atoms with van der Waals surface area (Å²) in [7, 11) is 0. The van der Waals surface area contributed by atoms with Crippen molar-refractivity contribution in [2.75, 3.05) is 6.54 Å². The molecule has 1 aliphatic rings. The third-order valence-electron chi connectivity index (χ3n) is 3.48. The Labute approximate surface area is 132 Å². The maximum absolute atomic E-state index is 13.7. The van der Waals surface area contributed by atoms with Crippen molar-refractivity contribution < 1.29 is 4.39 Å². The Kier molecular flexibility index (Phi) is 4.83. The summed E-state index contributed by atoms with van der Waals surface area (Å²) in [6.07, 6.45) is 5.01. The summed E-state index contributed by atoms with van der Waals surface area (Å²) >= 11 is 7.58. The first-order valence-corrected chi connectivity index (χ1v) is 8.39. The molecule has 1 saturated carbocycles. The first-order chi connectivity index (χ1) is 10.2. The quantitative estimate of drug-likeness (QED) is 0.790.